The van der Waals surface area contributed by atoms with Crippen LogP contribution in [0, 0.1) is 0 Å². The molecule has 0 aliphatic rings. The zero-order chi connectivity index (χ0) is 19.7. The highest BCUT2D eigenvalue weighted by atomic mass is 16.5. The molecule has 0 aromatic heterocycles. The molecule has 0 unspecified atom stereocenters. The van der Waals surface area contributed by atoms with Gasteiger partial charge in [-0.2, -0.15) is 0 Å². The molecule has 0 saturated heterocycles. The number of nitrogens with zero attached hydrogens (tertiary/aromatic N) is 1. The van der Waals surface area contributed by atoms with Crippen molar-refractivity contribution in [1.29, 1.82) is 0 Å². The first-order valence-electron chi connectivity index (χ1n) is 8.84. The molecule has 3 amide bonds. The summed E-state index contributed by atoms with van der Waals surface area (Å²) >= 11 is 0. The van der Waals surface area contributed by atoms with E-state index in [0.29, 0.717) is 5.69 Å². The SMILES string of the molecule is CC(C)N(C(=O)[C@H](C)OC(=O)CCNC(=O)Nc1ccccc1)C(C)C. The fourth-order valence-corrected chi connectivity index (χ4v) is 2.60. The normalized spacial score (nSPS) is 11.8. The van der Waals surface area contributed by atoms with Crippen molar-refractivity contribution in [3.05, 3.63) is 30.3 Å². The minimum Gasteiger partial charge on any atom is -0.452 e. The van der Waals surface area contributed by atoms with E-state index in [1.807, 2.05) is 45.9 Å². The highest BCUT2D eigenvalue weighted by Gasteiger charge is 2.27. The molecular weight excluding hydrogens is 334 g/mol. The summed E-state index contributed by atoms with van der Waals surface area (Å²) in [5.74, 6) is -0.753. The zero-order valence-electron chi connectivity index (χ0n) is 16.1. The van der Waals surface area contributed by atoms with Gasteiger partial charge in [0.25, 0.3) is 5.91 Å². The molecule has 1 aromatic rings. The lowest BCUT2D eigenvalue weighted by Gasteiger charge is -2.32. The molecule has 7 nitrogen and oxygen atoms in total. The second-order valence-electron chi connectivity index (χ2n) is 6.56. The Morgan fingerprint density at radius 2 is 1.58 bits per heavy atom. The molecule has 0 radical (unpaired) electrons. The summed E-state index contributed by atoms with van der Waals surface area (Å²) in [6.07, 6.45) is -0.867. The summed E-state index contributed by atoms with van der Waals surface area (Å²) in [4.78, 5) is 37.7. The Hall–Kier alpha value is -2.57. The third-order valence-electron chi connectivity index (χ3n) is 3.67. The predicted molar refractivity (Wildman–Crippen MR) is 101 cm³/mol. The molecule has 0 heterocycles. The van der Waals surface area contributed by atoms with Gasteiger partial charge in [-0.1, -0.05) is 18.2 Å². The smallest absolute Gasteiger partial charge is 0.319 e. The van der Waals surface area contributed by atoms with Crippen LogP contribution in [-0.2, 0) is 14.3 Å². The largest absolute Gasteiger partial charge is 0.452 e. The maximum atomic E-state index is 12.4. The second kappa shape index (κ2) is 10.4. The van der Waals surface area contributed by atoms with E-state index in [0.717, 1.165) is 0 Å². The zero-order valence-corrected chi connectivity index (χ0v) is 16.1. The Kier molecular flexibility index (Phi) is 8.61. The Morgan fingerprint density at radius 3 is 2.12 bits per heavy atom. The van der Waals surface area contributed by atoms with Crippen LogP contribution in [0.15, 0.2) is 30.3 Å². The highest BCUT2D eigenvalue weighted by Crippen LogP contribution is 2.10. The number of carbonyl (C=O) groups is 3. The Labute approximate surface area is 155 Å². The first kappa shape index (κ1) is 21.5. The van der Waals surface area contributed by atoms with E-state index < -0.39 is 18.1 Å². The molecule has 0 spiro atoms. The summed E-state index contributed by atoms with van der Waals surface area (Å²) < 4.78 is 5.19. The predicted octanol–water partition coefficient (Wildman–Crippen LogP) is 2.78. The quantitative estimate of drug-likeness (QED) is 0.695. The molecule has 0 fully saturated rings. The third kappa shape index (κ3) is 7.13. The molecule has 26 heavy (non-hydrogen) atoms. The van der Waals surface area contributed by atoms with Crippen LogP contribution in [0.2, 0.25) is 0 Å². The van der Waals surface area contributed by atoms with E-state index in [2.05, 4.69) is 10.6 Å². The molecule has 0 aliphatic heterocycles. The van der Waals surface area contributed by atoms with Gasteiger partial charge in [0.2, 0.25) is 0 Å². The van der Waals surface area contributed by atoms with Crippen LogP contribution in [-0.4, -0.2) is 47.5 Å². The Morgan fingerprint density at radius 1 is 1.00 bits per heavy atom. The first-order valence-corrected chi connectivity index (χ1v) is 8.84. The number of carbonyl (C=O) groups excluding carboxylic acids is 3. The number of nitrogens with one attached hydrogen (secondary N) is 2. The van der Waals surface area contributed by atoms with Crippen molar-refractivity contribution in [2.45, 2.75) is 59.2 Å². The number of amides is 3. The number of anilines is 1. The topological polar surface area (TPSA) is 87.7 Å². The van der Waals surface area contributed by atoms with Crippen molar-refractivity contribution in [3.8, 4) is 0 Å². The van der Waals surface area contributed by atoms with E-state index in [1.54, 1.807) is 24.0 Å². The van der Waals surface area contributed by atoms with Crippen LogP contribution in [0.3, 0.4) is 0 Å². The number of benzene rings is 1. The molecule has 2 N–H and O–H groups in total. The number of hydrogen-bond donors (Lipinski definition) is 2. The van der Waals surface area contributed by atoms with Gasteiger partial charge in [0.15, 0.2) is 6.10 Å². The van der Waals surface area contributed by atoms with Gasteiger partial charge < -0.3 is 20.3 Å². The van der Waals surface area contributed by atoms with Gasteiger partial charge in [-0.3, -0.25) is 9.59 Å². The summed E-state index contributed by atoms with van der Waals surface area (Å²) in [6, 6.07) is 8.62. The van der Waals surface area contributed by atoms with Crippen LogP contribution in [0.25, 0.3) is 0 Å². The minimum absolute atomic E-state index is 0.0107. The second-order valence-corrected chi connectivity index (χ2v) is 6.56. The van der Waals surface area contributed by atoms with Crippen LogP contribution in [0.4, 0.5) is 10.5 Å². The molecule has 0 saturated carbocycles. The maximum Gasteiger partial charge on any atom is 0.319 e. The summed E-state index contributed by atoms with van der Waals surface area (Å²) in [7, 11) is 0. The van der Waals surface area contributed by atoms with Crippen molar-refractivity contribution < 1.29 is 19.1 Å². The van der Waals surface area contributed by atoms with Gasteiger partial charge in [-0.25, -0.2) is 4.79 Å². The lowest BCUT2D eigenvalue weighted by Crippen LogP contribution is -2.47. The maximum absolute atomic E-state index is 12.4. The number of esters is 1. The molecule has 0 aliphatic carbocycles. The number of para-hydroxylation sites is 1. The van der Waals surface area contributed by atoms with Gasteiger partial charge in [0, 0.05) is 24.3 Å². The molecule has 144 valence electrons. The van der Waals surface area contributed by atoms with Gasteiger partial charge in [0.1, 0.15) is 0 Å². The van der Waals surface area contributed by atoms with Gasteiger partial charge >= 0.3 is 12.0 Å². The van der Waals surface area contributed by atoms with Crippen LogP contribution < -0.4 is 10.6 Å². The third-order valence-corrected chi connectivity index (χ3v) is 3.67. The highest BCUT2D eigenvalue weighted by molar-refractivity contribution is 5.89. The number of urea groups is 1. The summed E-state index contributed by atoms with van der Waals surface area (Å²) in [5, 5.41) is 5.23. The van der Waals surface area contributed by atoms with Gasteiger partial charge in [-0.15, -0.1) is 0 Å². The van der Waals surface area contributed by atoms with Crippen LogP contribution in [0.5, 0.6) is 0 Å². The van der Waals surface area contributed by atoms with E-state index in [4.69, 9.17) is 4.74 Å². The van der Waals surface area contributed by atoms with Gasteiger partial charge in [-0.05, 0) is 46.8 Å². The molecule has 0 bridgehead atoms. The van der Waals surface area contributed by atoms with Crippen molar-refractivity contribution in [1.82, 2.24) is 10.2 Å². The summed E-state index contributed by atoms with van der Waals surface area (Å²) in [5.41, 5.74) is 0.661. The average Bonchev–Trinajstić information content (AvgIpc) is 2.54. The van der Waals surface area contributed by atoms with Crippen molar-refractivity contribution in [2.24, 2.45) is 0 Å². The monoisotopic (exact) mass is 363 g/mol. The van der Waals surface area contributed by atoms with E-state index >= 15 is 0 Å². The van der Waals surface area contributed by atoms with Gasteiger partial charge in [0.05, 0.1) is 6.42 Å². The van der Waals surface area contributed by atoms with E-state index in [9.17, 15) is 14.4 Å². The summed E-state index contributed by atoms with van der Waals surface area (Å²) in [6.45, 7) is 9.36. The molecule has 7 heteroatoms. The number of hydrogen-bond acceptors (Lipinski definition) is 4. The Bertz CT molecular complexity index is 594. The molecule has 1 rings (SSSR count). The number of rotatable bonds is 8. The lowest BCUT2D eigenvalue weighted by molar-refractivity contribution is -0.160. The first-order chi connectivity index (χ1) is 12.2. The van der Waals surface area contributed by atoms with Crippen LogP contribution in [0.1, 0.15) is 41.0 Å². The average molecular weight is 363 g/mol. The van der Waals surface area contributed by atoms with Crippen molar-refractivity contribution in [2.75, 3.05) is 11.9 Å². The van der Waals surface area contributed by atoms with E-state index in [-0.39, 0.29) is 31.0 Å². The fourth-order valence-electron chi connectivity index (χ4n) is 2.60. The number of ether oxygens (including phenoxy) is 1. The molecule has 1 aromatic carbocycles. The molecular formula is C19H29N3O4. The fraction of sp³-hybridized carbons (Fsp3) is 0.526. The van der Waals surface area contributed by atoms with Crippen LogP contribution >= 0.6 is 0 Å². The standard InChI is InChI=1S/C19H29N3O4/c1-13(2)22(14(3)4)18(24)15(5)26-17(23)11-12-20-19(25)21-16-9-7-6-8-10-16/h6-10,13-15H,11-12H2,1-5H3,(H2,20,21,25)/t15-/m0/s1. The molecule has 1 atom stereocenters. The Balaban J connectivity index is 2.37. The van der Waals surface area contributed by atoms with E-state index in [1.165, 1.54) is 0 Å². The van der Waals surface area contributed by atoms with Crippen molar-refractivity contribution >= 4 is 23.6 Å². The lowest BCUT2D eigenvalue weighted by atomic mass is 10.2. The minimum atomic E-state index is -0.856. The van der Waals surface area contributed by atoms with Crippen molar-refractivity contribution in [3.63, 3.8) is 0 Å².